The highest BCUT2D eigenvalue weighted by Gasteiger charge is 2.35. The molecule has 1 aliphatic rings. The number of hydrogen-bond acceptors (Lipinski definition) is 3. The molecule has 1 heterocycles. The van der Waals surface area contributed by atoms with Gasteiger partial charge in [-0.15, -0.1) is 0 Å². The van der Waals surface area contributed by atoms with Crippen LogP contribution in [0.5, 0.6) is 0 Å². The van der Waals surface area contributed by atoms with Crippen LogP contribution in [-0.2, 0) is 0 Å². The van der Waals surface area contributed by atoms with Gasteiger partial charge in [0, 0.05) is 23.3 Å². The van der Waals surface area contributed by atoms with Crippen molar-refractivity contribution >= 4 is 5.69 Å². The van der Waals surface area contributed by atoms with E-state index in [-0.39, 0.29) is 11.1 Å². The number of hydrogen-bond donors (Lipinski definition) is 1. The highest BCUT2D eigenvalue weighted by Crippen LogP contribution is 2.31. The maximum atomic E-state index is 9.07. The predicted octanol–water partition coefficient (Wildman–Crippen LogP) is 2.92. The van der Waals surface area contributed by atoms with Crippen molar-refractivity contribution in [1.29, 1.82) is 5.26 Å². The molecule has 0 bridgehead atoms. The largest absolute Gasteiger partial charge is 0.364 e. The second kappa shape index (κ2) is 4.86. The third-order valence-corrected chi connectivity index (χ3v) is 3.91. The zero-order valence-corrected chi connectivity index (χ0v) is 12.3. The summed E-state index contributed by atoms with van der Waals surface area (Å²) in [4.78, 5) is 2.42. The Balaban J connectivity index is 2.40. The molecule has 0 amide bonds. The van der Waals surface area contributed by atoms with E-state index in [4.69, 9.17) is 5.26 Å². The molecule has 0 atom stereocenters. The van der Waals surface area contributed by atoms with Crippen molar-refractivity contribution in [1.82, 2.24) is 5.32 Å². The summed E-state index contributed by atoms with van der Waals surface area (Å²) in [6.07, 6.45) is 1.09. The van der Waals surface area contributed by atoms with Crippen LogP contribution in [0.4, 0.5) is 5.69 Å². The number of rotatable bonds is 1. The van der Waals surface area contributed by atoms with Crippen LogP contribution < -0.4 is 10.2 Å². The van der Waals surface area contributed by atoms with Gasteiger partial charge in [-0.3, -0.25) is 0 Å². The summed E-state index contributed by atoms with van der Waals surface area (Å²) in [5, 5.41) is 12.7. The van der Waals surface area contributed by atoms with E-state index in [1.54, 1.807) is 0 Å². The summed E-state index contributed by atoms with van der Waals surface area (Å²) < 4.78 is 0. The van der Waals surface area contributed by atoms with Crippen LogP contribution in [0.2, 0.25) is 0 Å². The van der Waals surface area contributed by atoms with Crippen LogP contribution >= 0.6 is 0 Å². The first-order valence-corrected chi connectivity index (χ1v) is 6.87. The van der Waals surface area contributed by atoms with Crippen LogP contribution in [0, 0.1) is 11.3 Å². The van der Waals surface area contributed by atoms with E-state index in [1.165, 1.54) is 0 Å². The second-order valence-corrected chi connectivity index (χ2v) is 6.62. The van der Waals surface area contributed by atoms with Crippen LogP contribution in [0.25, 0.3) is 0 Å². The van der Waals surface area contributed by atoms with Crippen molar-refractivity contribution in [2.75, 3.05) is 18.0 Å². The molecule has 3 nitrogen and oxygen atoms in total. The number of anilines is 1. The molecule has 0 saturated carbocycles. The predicted molar refractivity (Wildman–Crippen MR) is 79.3 cm³/mol. The molecule has 1 N–H and O–H groups in total. The Hall–Kier alpha value is -1.53. The molecule has 1 saturated heterocycles. The van der Waals surface area contributed by atoms with Gasteiger partial charge in [0.15, 0.2) is 0 Å². The lowest BCUT2D eigenvalue weighted by molar-refractivity contribution is 0.409. The van der Waals surface area contributed by atoms with E-state index >= 15 is 0 Å². The van der Waals surface area contributed by atoms with Crippen LogP contribution in [0.3, 0.4) is 0 Å². The summed E-state index contributed by atoms with van der Waals surface area (Å²) in [6, 6.07) is 10.1. The zero-order valence-electron chi connectivity index (χ0n) is 12.3. The van der Waals surface area contributed by atoms with Crippen molar-refractivity contribution in [3.8, 4) is 6.07 Å². The highest BCUT2D eigenvalue weighted by atomic mass is 15.2. The van der Waals surface area contributed by atoms with E-state index in [1.807, 2.05) is 18.2 Å². The summed E-state index contributed by atoms with van der Waals surface area (Å²) in [5.74, 6) is 0. The molecule has 1 fully saturated rings. The van der Waals surface area contributed by atoms with Gasteiger partial charge in [-0.1, -0.05) is 6.07 Å². The molecular weight excluding hydrogens is 234 g/mol. The highest BCUT2D eigenvalue weighted by molar-refractivity contribution is 5.54. The quantitative estimate of drug-likeness (QED) is 0.840. The Morgan fingerprint density at radius 2 is 2.00 bits per heavy atom. The number of nitriles is 1. The SMILES string of the molecule is CC1(C)CN(c2cccc(C#N)c2)C(C)(C)CCN1. The maximum Gasteiger partial charge on any atom is 0.0992 e. The van der Waals surface area contributed by atoms with Crippen molar-refractivity contribution in [3.05, 3.63) is 29.8 Å². The van der Waals surface area contributed by atoms with Gasteiger partial charge in [0.1, 0.15) is 0 Å². The first-order chi connectivity index (χ1) is 8.84. The smallest absolute Gasteiger partial charge is 0.0992 e. The molecule has 1 aliphatic heterocycles. The van der Waals surface area contributed by atoms with Gasteiger partial charge in [-0.2, -0.15) is 5.26 Å². The van der Waals surface area contributed by atoms with E-state index in [0.717, 1.165) is 30.8 Å². The molecule has 0 aromatic heterocycles. The zero-order chi connectivity index (χ0) is 14.1. The average Bonchev–Trinajstić information content (AvgIpc) is 2.45. The molecule has 2 rings (SSSR count). The van der Waals surface area contributed by atoms with Crippen molar-refractivity contribution in [2.45, 2.75) is 45.2 Å². The molecule has 1 aromatic carbocycles. The van der Waals surface area contributed by atoms with Gasteiger partial charge in [0.2, 0.25) is 0 Å². The Labute approximate surface area is 116 Å². The van der Waals surface area contributed by atoms with E-state index in [2.05, 4.69) is 50.0 Å². The van der Waals surface area contributed by atoms with Gasteiger partial charge in [0.05, 0.1) is 11.6 Å². The fraction of sp³-hybridized carbons (Fsp3) is 0.562. The number of nitrogens with one attached hydrogen (secondary N) is 1. The Morgan fingerprint density at radius 3 is 2.68 bits per heavy atom. The van der Waals surface area contributed by atoms with E-state index in [0.29, 0.717) is 0 Å². The van der Waals surface area contributed by atoms with Crippen LogP contribution in [0.15, 0.2) is 24.3 Å². The van der Waals surface area contributed by atoms with Crippen LogP contribution in [0.1, 0.15) is 39.7 Å². The van der Waals surface area contributed by atoms with Crippen molar-refractivity contribution < 1.29 is 0 Å². The average molecular weight is 257 g/mol. The van der Waals surface area contributed by atoms with Crippen LogP contribution in [-0.4, -0.2) is 24.2 Å². The minimum atomic E-state index is 0.0798. The number of benzene rings is 1. The third-order valence-electron chi connectivity index (χ3n) is 3.91. The maximum absolute atomic E-state index is 9.07. The Morgan fingerprint density at radius 1 is 1.26 bits per heavy atom. The number of nitrogens with zero attached hydrogens (tertiary/aromatic N) is 2. The minimum Gasteiger partial charge on any atom is -0.364 e. The molecule has 19 heavy (non-hydrogen) atoms. The molecule has 3 heteroatoms. The van der Waals surface area contributed by atoms with Gasteiger partial charge in [-0.05, 0) is 58.9 Å². The van der Waals surface area contributed by atoms with Gasteiger partial charge in [0.25, 0.3) is 0 Å². The topological polar surface area (TPSA) is 39.1 Å². The Bertz CT molecular complexity index is 497. The molecule has 0 aliphatic carbocycles. The standard InChI is InChI=1S/C16H23N3/c1-15(2)12-19(16(3,4)8-9-18-15)14-7-5-6-13(10-14)11-17/h5-7,10,18H,8-9,12H2,1-4H3. The van der Waals surface area contributed by atoms with Crippen molar-refractivity contribution in [3.63, 3.8) is 0 Å². The molecule has 0 unspecified atom stereocenters. The molecule has 0 radical (unpaired) electrons. The van der Waals surface area contributed by atoms with Gasteiger partial charge in [-0.25, -0.2) is 0 Å². The first-order valence-electron chi connectivity index (χ1n) is 6.87. The third kappa shape index (κ3) is 3.08. The van der Waals surface area contributed by atoms with Crippen molar-refractivity contribution in [2.24, 2.45) is 0 Å². The minimum absolute atomic E-state index is 0.0798. The summed E-state index contributed by atoms with van der Waals surface area (Å²) in [5.41, 5.74) is 2.04. The molecule has 1 aromatic rings. The van der Waals surface area contributed by atoms with E-state index < -0.39 is 0 Å². The summed E-state index contributed by atoms with van der Waals surface area (Å²) in [7, 11) is 0. The Kier molecular flexibility index (Phi) is 3.56. The molecule has 102 valence electrons. The molecular formula is C16H23N3. The normalized spacial score (nSPS) is 21.5. The fourth-order valence-corrected chi connectivity index (χ4v) is 2.69. The van der Waals surface area contributed by atoms with E-state index in [9.17, 15) is 0 Å². The lowest BCUT2D eigenvalue weighted by Crippen LogP contribution is -2.51. The fourth-order valence-electron chi connectivity index (χ4n) is 2.69. The first kappa shape index (κ1) is 13.9. The summed E-state index contributed by atoms with van der Waals surface area (Å²) in [6.45, 7) is 11.0. The lowest BCUT2D eigenvalue weighted by Gasteiger charge is -2.41. The second-order valence-electron chi connectivity index (χ2n) is 6.62. The van der Waals surface area contributed by atoms with Gasteiger partial charge < -0.3 is 10.2 Å². The summed E-state index contributed by atoms with van der Waals surface area (Å²) >= 11 is 0. The van der Waals surface area contributed by atoms with Gasteiger partial charge >= 0.3 is 0 Å². The monoisotopic (exact) mass is 257 g/mol. The molecule has 0 spiro atoms. The lowest BCUT2D eigenvalue weighted by atomic mass is 9.96.